The molecule has 0 atom stereocenters. The lowest BCUT2D eigenvalue weighted by molar-refractivity contribution is -0.137. The number of nitrogens with one attached hydrogen (secondary N) is 2. The number of sulfonamides is 1. The van der Waals surface area contributed by atoms with Crippen molar-refractivity contribution in [2.75, 3.05) is 4.72 Å². The number of amides is 1. The molecular formula is C20H18F3N3O4S. The molecule has 0 fully saturated rings. The van der Waals surface area contributed by atoms with Crippen LogP contribution in [0.4, 0.5) is 18.9 Å². The Bertz CT molecular complexity index is 1190. The summed E-state index contributed by atoms with van der Waals surface area (Å²) in [7, 11) is -4.46. The summed E-state index contributed by atoms with van der Waals surface area (Å²) in [5, 5.41) is 6.15. The van der Waals surface area contributed by atoms with Crippen molar-refractivity contribution in [2.24, 2.45) is 0 Å². The van der Waals surface area contributed by atoms with E-state index in [4.69, 9.17) is 4.52 Å². The number of rotatable bonds is 6. The van der Waals surface area contributed by atoms with Gasteiger partial charge in [0.15, 0.2) is 5.76 Å². The average Bonchev–Trinajstić information content (AvgIpc) is 3.03. The lowest BCUT2D eigenvalue weighted by atomic mass is 10.1. The van der Waals surface area contributed by atoms with Crippen LogP contribution in [-0.4, -0.2) is 19.5 Å². The molecule has 0 saturated heterocycles. The van der Waals surface area contributed by atoms with Crippen molar-refractivity contribution < 1.29 is 30.9 Å². The van der Waals surface area contributed by atoms with Gasteiger partial charge in [0.25, 0.3) is 15.9 Å². The third-order valence-electron chi connectivity index (χ3n) is 4.43. The van der Waals surface area contributed by atoms with Crippen LogP contribution in [0.1, 0.15) is 32.9 Å². The predicted octanol–water partition coefficient (Wildman–Crippen LogP) is 4.04. The van der Waals surface area contributed by atoms with Crippen LogP contribution < -0.4 is 10.0 Å². The molecule has 0 radical (unpaired) electrons. The van der Waals surface area contributed by atoms with E-state index in [1.165, 1.54) is 13.8 Å². The number of benzene rings is 2. The number of aromatic nitrogens is 1. The summed E-state index contributed by atoms with van der Waals surface area (Å²) in [6.45, 7) is 2.65. The first-order valence-electron chi connectivity index (χ1n) is 8.98. The Hall–Kier alpha value is -3.34. The van der Waals surface area contributed by atoms with Crippen LogP contribution in [0.25, 0.3) is 0 Å². The van der Waals surface area contributed by atoms with Gasteiger partial charge in [-0.1, -0.05) is 29.4 Å². The molecule has 3 rings (SSSR count). The average molecular weight is 453 g/mol. The molecule has 3 aromatic rings. The topological polar surface area (TPSA) is 101 Å². The highest BCUT2D eigenvalue weighted by atomic mass is 32.2. The summed E-state index contributed by atoms with van der Waals surface area (Å²) >= 11 is 0. The molecule has 0 saturated carbocycles. The van der Waals surface area contributed by atoms with Gasteiger partial charge in [-0.2, -0.15) is 13.2 Å². The van der Waals surface area contributed by atoms with Crippen molar-refractivity contribution in [2.45, 2.75) is 31.5 Å². The summed E-state index contributed by atoms with van der Waals surface area (Å²) in [6, 6.07) is 10.4. The van der Waals surface area contributed by atoms with Crippen LogP contribution in [0.5, 0.6) is 0 Å². The van der Waals surface area contributed by atoms with Gasteiger partial charge in [-0.15, -0.1) is 0 Å². The van der Waals surface area contributed by atoms with E-state index in [9.17, 15) is 26.4 Å². The Morgan fingerprint density at radius 3 is 2.35 bits per heavy atom. The molecule has 0 bridgehead atoms. The molecule has 2 aromatic carbocycles. The van der Waals surface area contributed by atoms with Crippen LogP contribution in [0.3, 0.4) is 0 Å². The maximum absolute atomic E-state index is 13.2. The van der Waals surface area contributed by atoms with Crippen LogP contribution in [0.15, 0.2) is 57.9 Å². The zero-order chi connectivity index (χ0) is 22.8. The van der Waals surface area contributed by atoms with Gasteiger partial charge in [0, 0.05) is 12.1 Å². The summed E-state index contributed by atoms with van der Waals surface area (Å²) in [6.07, 6.45) is -4.75. The Labute approximate surface area is 176 Å². The number of hydrogen-bond donors (Lipinski definition) is 2. The number of halogens is 3. The molecule has 164 valence electrons. The number of nitrogens with zero attached hydrogens (tertiary/aromatic N) is 1. The second-order valence-corrected chi connectivity index (χ2v) is 8.32. The van der Waals surface area contributed by atoms with Gasteiger partial charge in [-0.05, 0) is 43.7 Å². The molecule has 0 aliphatic heterocycles. The highest BCUT2D eigenvalue weighted by Gasteiger charge is 2.33. The molecule has 2 N–H and O–H groups in total. The second-order valence-electron chi connectivity index (χ2n) is 6.67. The Kier molecular flexibility index (Phi) is 6.07. The number of aryl methyl sites for hydroxylation is 2. The molecule has 0 unspecified atom stereocenters. The van der Waals surface area contributed by atoms with Crippen LogP contribution in [0, 0.1) is 13.8 Å². The fourth-order valence-electron chi connectivity index (χ4n) is 2.81. The summed E-state index contributed by atoms with van der Waals surface area (Å²) < 4.78 is 72.7. The van der Waals surface area contributed by atoms with E-state index in [1.807, 2.05) is 0 Å². The number of carbonyl (C=O) groups is 1. The Balaban J connectivity index is 1.97. The van der Waals surface area contributed by atoms with E-state index in [2.05, 4.69) is 15.2 Å². The Morgan fingerprint density at radius 2 is 1.77 bits per heavy atom. The van der Waals surface area contributed by atoms with Crippen molar-refractivity contribution in [3.63, 3.8) is 0 Å². The third kappa shape index (κ3) is 5.05. The molecule has 1 aromatic heterocycles. The third-order valence-corrected chi connectivity index (χ3v) is 5.86. The van der Waals surface area contributed by atoms with E-state index in [0.29, 0.717) is 11.6 Å². The number of carbonyl (C=O) groups excluding carboxylic acids is 1. The van der Waals surface area contributed by atoms with Gasteiger partial charge in [0.2, 0.25) is 0 Å². The van der Waals surface area contributed by atoms with Crippen LogP contribution in [-0.2, 0) is 22.7 Å². The smallest absolute Gasteiger partial charge is 0.359 e. The molecule has 0 aliphatic rings. The number of alkyl halides is 3. The van der Waals surface area contributed by atoms with Crippen LogP contribution >= 0.6 is 0 Å². The first-order valence-corrected chi connectivity index (χ1v) is 10.5. The number of hydrogen-bond acceptors (Lipinski definition) is 5. The lowest BCUT2D eigenvalue weighted by Crippen LogP contribution is -2.25. The quantitative estimate of drug-likeness (QED) is 0.587. The van der Waals surface area contributed by atoms with Crippen molar-refractivity contribution in [1.29, 1.82) is 0 Å². The van der Waals surface area contributed by atoms with Gasteiger partial charge >= 0.3 is 6.18 Å². The van der Waals surface area contributed by atoms with Gasteiger partial charge in [-0.25, -0.2) is 8.42 Å². The predicted molar refractivity (Wildman–Crippen MR) is 106 cm³/mol. The standard InChI is InChI=1S/C20H18F3N3O4S/c1-12-18(13(2)30-25-12)26-31(28,29)17-10-16(20(21,22)23)9-8-15(17)11-24-19(27)14-6-4-3-5-7-14/h3-10,26H,11H2,1-2H3,(H,24,27). The summed E-state index contributed by atoms with van der Waals surface area (Å²) in [4.78, 5) is 11.7. The largest absolute Gasteiger partial charge is 0.416 e. The van der Waals surface area contributed by atoms with Crippen molar-refractivity contribution in [3.8, 4) is 0 Å². The van der Waals surface area contributed by atoms with Crippen LogP contribution in [0.2, 0.25) is 0 Å². The molecule has 11 heteroatoms. The highest BCUT2D eigenvalue weighted by molar-refractivity contribution is 7.92. The molecule has 0 spiro atoms. The van der Waals surface area contributed by atoms with E-state index < -0.39 is 32.6 Å². The van der Waals surface area contributed by atoms with Crippen molar-refractivity contribution in [1.82, 2.24) is 10.5 Å². The molecule has 1 heterocycles. The van der Waals surface area contributed by atoms with Gasteiger partial charge in [0.05, 0.1) is 10.5 Å². The van der Waals surface area contributed by atoms with Crippen molar-refractivity contribution in [3.05, 3.63) is 76.7 Å². The van der Waals surface area contributed by atoms with Gasteiger partial charge < -0.3 is 9.84 Å². The van der Waals surface area contributed by atoms with E-state index in [1.54, 1.807) is 30.3 Å². The SMILES string of the molecule is Cc1noc(C)c1NS(=O)(=O)c1cc(C(F)(F)F)ccc1CNC(=O)c1ccccc1. The zero-order valence-electron chi connectivity index (χ0n) is 16.4. The molecule has 0 aliphatic carbocycles. The molecule has 1 amide bonds. The van der Waals surface area contributed by atoms with E-state index in [0.717, 1.165) is 12.1 Å². The molecule has 7 nitrogen and oxygen atoms in total. The first kappa shape index (κ1) is 22.3. The minimum atomic E-state index is -4.75. The number of anilines is 1. The minimum Gasteiger partial charge on any atom is -0.359 e. The highest BCUT2D eigenvalue weighted by Crippen LogP contribution is 2.33. The van der Waals surface area contributed by atoms with E-state index >= 15 is 0 Å². The second kappa shape index (κ2) is 8.42. The lowest BCUT2D eigenvalue weighted by Gasteiger charge is -2.15. The maximum atomic E-state index is 13.2. The zero-order valence-corrected chi connectivity index (χ0v) is 17.3. The first-order chi connectivity index (χ1) is 14.5. The molecule has 31 heavy (non-hydrogen) atoms. The van der Waals surface area contributed by atoms with Gasteiger partial charge in [0.1, 0.15) is 11.4 Å². The van der Waals surface area contributed by atoms with E-state index in [-0.39, 0.29) is 29.2 Å². The fourth-order valence-corrected chi connectivity index (χ4v) is 4.25. The summed E-state index contributed by atoms with van der Waals surface area (Å²) in [5.74, 6) is -0.338. The normalized spacial score (nSPS) is 11.9. The Morgan fingerprint density at radius 1 is 1.10 bits per heavy atom. The fraction of sp³-hybridized carbons (Fsp3) is 0.200. The maximum Gasteiger partial charge on any atom is 0.416 e. The molecular weight excluding hydrogens is 435 g/mol. The minimum absolute atomic E-state index is 0.0171. The van der Waals surface area contributed by atoms with Gasteiger partial charge in [-0.3, -0.25) is 9.52 Å². The monoisotopic (exact) mass is 453 g/mol. The van der Waals surface area contributed by atoms with Crippen molar-refractivity contribution >= 4 is 21.6 Å². The summed E-state index contributed by atoms with van der Waals surface area (Å²) in [5.41, 5.74) is -0.558.